The van der Waals surface area contributed by atoms with Gasteiger partial charge in [-0.05, 0) is 25.8 Å². The summed E-state index contributed by atoms with van der Waals surface area (Å²) in [7, 11) is 0. The summed E-state index contributed by atoms with van der Waals surface area (Å²) in [6.45, 7) is 2.94. The predicted molar refractivity (Wildman–Crippen MR) is 53.6 cm³/mol. The number of nitrogens with zero attached hydrogens (tertiary/aromatic N) is 2. The van der Waals surface area contributed by atoms with Crippen LogP contribution in [0.2, 0.25) is 0 Å². The van der Waals surface area contributed by atoms with Crippen molar-refractivity contribution in [2.24, 2.45) is 0 Å². The summed E-state index contributed by atoms with van der Waals surface area (Å²) >= 11 is 0. The third kappa shape index (κ3) is 1.69. The molecule has 1 heterocycles. The van der Waals surface area contributed by atoms with Gasteiger partial charge in [-0.15, -0.1) is 0 Å². The lowest BCUT2D eigenvalue weighted by molar-refractivity contribution is 0.0347. The molecule has 0 bridgehead atoms. The van der Waals surface area contributed by atoms with Gasteiger partial charge in [-0.2, -0.15) is 5.10 Å². The van der Waals surface area contributed by atoms with E-state index in [1.54, 1.807) is 6.20 Å². The van der Waals surface area contributed by atoms with Gasteiger partial charge >= 0.3 is 0 Å². The van der Waals surface area contributed by atoms with Gasteiger partial charge < -0.3 is 0 Å². The maximum absolute atomic E-state index is 11.8. The minimum Gasteiger partial charge on any atom is -0.269 e. The molecule has 0 N–H and O–H groups in total. The molecule has 3 heteroatoms. The largest absolute Gasteiger partial charge is 0.269 e. The quantitative estimate of drug-likeness (QED) is 0.710. The van der Waals surface area contributed by atoms with E-state index in [1.807, 2.05) is 10.7 Å². The Morgan fingerprint density at radius 2 is 2.29 bits per heavy atom. The standard InChI is InChI=1S/C11H17N2O/c1-2-13-10(7-8-12-13)9-5-3-4-6-11(9)14/h7-9,11H,2-6H2,1H3. The van der Waals surface area contributed by atoms with Gasteiger partial charge in [0.05, 0.1) is 0 Å². The van der Waals surface area contributed by atoms with Crippen molar-refractivity contribution in [3.63, 3.8) is 0 Å². The smallest absolute Gasteiger partial charge is 0.101 e. The van der Waals surface area contributed by atoms with Crippen LogP contribution < -0.4 is 0 Å². The molecule has 14 heavy (non-hydrogen) atoms. The fourth-order valence-electron chi connectivity index (χ4n) is 2.36. The van der Waals surface area contributed by atoms with Gasteiger partial charge in [-0.1, -0.05) is 12.8 Å². The van der Waals surface area contributed by atoms with Crippen molar-refractivity contribution >= 4 is 0 Å². The van der Waals surface area contributed by atoms with E-state index in [2.05, 4.69) is 12.0 Å². The molecule has 2 rings (SSSR count). The molecular formula is C11H17N2O. The molecule has 1 aliphatic carbocycles. The highest BCUT2D eigenvalue weighted by molar-refractivity contribution is 5.11. The van der Waals surface area contributed by atoms with E-state index < -0.39 is 6.10 Å². The Kier molecular flexibility index (Phi) is 2.87. The number of hydrogen-bond donors (Lipinski definition) is 0. The molecule has 0 spiro atoms. The normalized spacial score (nSPS) is 27.9. The summed E-state index contributed by atoms with van der Waals surface area (Å²) in [5.41, 5.74) is 1.15. The summed E-state index contributed by atoms with van der Waals surface area (Å²) in [5, 5.41) is 16.0. The van der Waals surface area contributed by atoms with Crippen LogP contribution in [0.3, 0.4) is 0 Å². The molecule has 0 aliphatic heterocycles. The van der Waals surface area contributed by atoms with Gasteiger partial charge in [-0.25, -0.2) is 5.11 Å². The van der Waals surface area contributed by atoms with E-state index in [-0.39, 0.29) is 5.92 Å². The van der Waals surface area contributed by atoms with Crippen LogP contribution in [0.1, 0.15) is 44.2 Å². The molecule has 1 aromatic heterocycles. The Balaban J connectivity index is 2.20. The molecule has 1 aromatic rings. The van der Waals surface area contributed by atoms with Crippen LogP contribution in [0.5, 0.6) is 0 Å². The van der Waals surface area contributed by atoms with Gasteiger partial charge in [0.2, 0.25) is 0 Å². The number of aromatic nitrogens is 2. The Morgan fingerprint density at radius 3 is 3.00 bits per heavy atom. The van der Waals surface area contributed by atoms with Crippen molar-refractivity contribution in [3.05, 3.63) is 18.0 Å². The highest BCUT2D eigenvalue weighted by atomic mass is 16.3. The Labute approximate surface area is 84.7 Å². The zero-order valence-corrected chi connectivity index (χ0v) is 8.65. The molecule has 2 unspecified atom stereocenters. The lowest BCUT2D eigenvalue weighted by atomic mass is 9.84. The van der Waals surface area contributed by atoms with Crippen LogP contribution >= 0.6 is 0 Å². The first-order valence-electron chi connectivity index (χ1n) is 5.50. The molecule has 0 amide bonds. The maximum Gasteiger partial charge on any atom is 0.101 e. The lowest BCUT2D eigenvalue weighted by Gasteiger charge is -2.26. The third-order valence-corrected chi connectivity index (χ3v) is 3.13. The first kappa shape index (κ1) is 9.71. The van der Waals surface area contributed by atoms with Gasteiger partial charge in [0.25, 0.3) is 0 Å². The zero-order valence-electron chi connectivity index (χ0n) is 8.65. The van der Waals surface area contributed by atoms with E-state index >= 15 is 0 Å². The summed E-state index contributed by atoms with van der Waals surface area (Å²) < 4.78 is 1.96. The van der Waals surface area contributed by atoms with Crippen LogP contribution in [-0.4, -0.2) is 15.9 Å². The summed E-state index contributed by atoms with van der Waals surface area (Å²) in [5.74, 6) is 0.200. The van der Waals surface area contributed by atoms with Crippen molar-refractivity contribution in [1.82, 2.24) is 9.78 Å². The second-order valence-electron chi connectivity index (χ2n) is 4.00. The molecule has 77 valence electrons. The molecule has 3 nitrogen and oxygen atoms in total. The second kappa shape index (κ2) is 4.13. The van der Waals surface area contributed by atoms with Crippen LogP contribution in [0, 0.1) is 0 Å². The van der Waals surface area contributed by atoms with Gasteiger partial charge in [0.15, 0.2) is 0 Å². The number of hydrogen-bond acceptors (Lipinski definition) is 1. The van der Waals surface area contributed by atoms with Crippen molar-refractivity contribution in [2.75, 3.05) is 0 Å². The monoisotopic (exact) mass is 193 g/mol. The van der Waals surface area contributed by atoms with Crippen LogP contribution in [0.25, 0.3) is 0 Å². The van der Waals surface area contributed by atoms with Crippen LogP contribution in [0.15, 0.2) is 12.3 Å². The topological polar surface area (TPSA) is 37.7 Å². The average Bonchev–Trinajstić information content (AvgIpc) is 2.66. The van der Waals surface area contributed by atoms with Gasteiger partial charge in [0, 0.05) is 24.4 Å². The zero-order chi connectivity index (χ0) is 9.97. The fourth-order valence-corrected chi connectivity index (χ4v) is 2.36. The van der Waals surface area contributed by atoms with Crippen molar-refractivity contribution < 1.29 is 5.11 Å². The van der Waals surface area contributed by atoms with E-state index in [9.17, 15) is 5.11 Å². The predicted octanol–water partition coefficient (Wildman–Crippen LogP) is 2.36. The average molecular weight is 193 g/mol. The first-order valence-corrected chi connectivity index (χ1v) is 5.50. The highest BCUT2D eigenvalue weighted by Gasteiger charge is 2.28. The number of rotatable bonds is 2. The van der Waals surface area contributed by atoms with Crippen molar-refractivity contribution in [2.45, 2.75) is 51.2 Å². The van der Waals surface area contributed by atoms with Crippen molar-refractivity contribution in [3.8, 4) is 0 Å². The van der Waals surface area contributed by atoms with E-state index in [0.29, 0.717) is 0 Å². The second-order valence-corrected chi connectivity index (χ2v) is 4.00. The summed E-state index contributed by atoms with van der Waals surface area (Å²) in [6, 6.07) is 2.00. The molecule has 0 aromatic carbocycles. The SMILES string of the molecule is CCn1nccc1C1CCCCC1[O]. The third-order valence-electron chi connectivity index (χ3n) is 3.13. The van der Waals surface area contributed by atoms with E-state index in [4.69, 9.17) is 0 Å². The molecule has 2 atom stereocenters. The Morgan fingerprint density at radius 1 is 1.50 bits per heavy atom. The van der Waals surface area contributed by atoms with Crippen LogP contribution in [-0.2, 0) is 11.7 Å². The lowest BCUT2D eigenvalue weighted by Crippen LogP contribution is -2.23. The van der Waals surface area contributed by atoms with Gasteiger partial charge in [-0.3, -0.25) is 4.68 Å². The molecule has 1 radical (unpaired) electrons. The summed E-state index contributed by atoms with van der Waals surface area (Å²) in [6.07, 6.45) is 5.56. The van der Waals surface area contributed by atoms with Gasteiger partial charge in [0.1, 0.15) is 6.10 Å². The Hall–Kier alpha value is -0.830. The molecular weight excluding hydrogens is 176 g/mol. The maximum atomic E-state index is 11.8. The van der Waals surface area contributed by atoms with Crippen molar-refractivity contribution in [1.29, 1.82) is 0 Å². The minimum absolute atomic E-state index is 0.200. The highest BCUT2D eigenvalue weighted by Crippen LogP contribution is 2.33. The first-order chi connectivity index (χ1) is 6.83. The molecule has 1 saturated carbocycles. The summed E-state index contributed by atoms with van der Waals surface area (Å²) in [4.78, 5) is 0. The fraction of sp³-hybridized carbons (Fsp3) is 0.727. The molecule has 1 fully saturated rings. The number of aryl methyl sites for hydroxylation is 1. The minimum atomic E-state index is -0.411. The molecule has 1 aliphatic rings. The van der Waals surface area contributed by atoms with E-state index in [0.717, 1.165) is 31.5 Å². The Bertz CT molecular complexity index is 295. The molecule has 0 saturated heterocycles. The van der Waals surface area contributed by atoms with Crippen LogP contribution in [0.4, 0.5) is 0 Å². The van der Waals surface area contributed by atoms with E-state index in [1.165, 1.54) is 6.42 Å².